The highest BCUT2D eigenvalue weighted by Crippen LogP contribution is 2.18. The average molecular weight is 304 g/mol. The molecule has 0 amide bonds. The van der Waals surface area contributed by atoms with E-state index in [-0.39, 0.29) is 5.43 Å². The fourth-order valence-electron chi connectivity index (χ4n) is 2.26. The Morgan fingerprint density at radius 1 is 0.818 bits per heavy atom. The molecule has 0 radical (unpaired) electrons. The smallest absolute Gasteiger partial charge is 0.181 e. The lowest BCUT2D eigenvalue weighted by Crippen LogP contribution is -1.99. The molecule has 0 saturated carbocycles. The van der Waals surface area contributed by atoms with E-state index >= 15 is 0 Å². The van der Waals surface area contributed by atoms with Crippen LogP contribution in [0.25, 0.3) is 12.2 Å². The maximum Gasteiger partial charge on any atom is 0.181 e. The van der Waals surface area contributed by atoms with E-state index in [1.54, 1.807) is 23.5 Å². The van der Waals surface area contributed by atoms with Gasteiger partial charge in [-0.3, -0.25) is 4.79 Å². The van der Waals surface area contributed by atoms with Crippen LogP contribution in [0.3, 0.4) is 0 Å². The van der Waals surface area contributed by atoms with Gasteiger partial charge in [0.05, 0.1) is 0 Å². The third kappa shape index (κ3) is 4.03. The van der Waals surface area contributed by atoms with Crippen LogP contribution >= 0.6 is 11.3 Å². The molecule has 1 heterocycles. The minimum Gasteiger partial charge on any atom is -0.290 e. The highest BCUT2D eigenvalue weighted by Gasteiger charge is 2.00. The first-order chi connectivity index (χ1) is 10.8. The summed E-state index contributed by atoms with van der Waals surface area (Å²) in [5.74, 6) is 0. The Balaban J connectivity index is 1.84. The van der Waals surface area contributed by atoms with Crippen LogP contribution in [-0.4, -0.2) is 0 Å². The standard InChI is InChI=1S/C20H16OS/c21-18-14-19(12-11-16-7-3-1-4-8-16)22-20(15-18)13-17-9-5-2-6-10-17/h1-12,14-15H,13H2. The third-order valence-electron chi connectivity index (χ3n) is 3.30. The summed E-state index contributed by atoms with van der Waals surface area (Å²) in [5, 5.41) is 0. The molecule has 0 N–H and O–H groups in total. The second kappa shape index (κ2) is 7.01. The van der Waals surface area contributed by atoms with Crippen molar-refractivity contribution >= 4 is 23.5 Å². The van der Waals surface area contributed by atoms with Gasteiger partial charge >= 0.3 is 0 Å². The van der Waals surface area contributed by atoms with Crippen LogP contribution < -0.4 is 5.43 Å². The Kier molecular flexibility index (Phi) is 4.62. The number of benzene rings is 2. The summed E-state index contributed by atoms with van der Waals surface area (Å²) < 4.78 is 0. The topological polar surface area (TPSA) is 17.1 Å². The summed E-state index contributed by atoms with van der Waals surface area (Å²) in [6.45, 7) is 0. The maximum absolute atomic E-state index is 11.9. The van der Waals surface area contributed by atoms with Crippen molar-refractivity contribution in [3.63, 3.8) is 0 Å². The van der Waals surface area contributed by atoms with Gasteiger partial charge in [0.2, 0.25) is 0 Å². The van der Waals surface area contributed by atoms with E-state index in [2.05, 4.69) is 12.1 Å². The number of hydrogen-bond donors (Lipinski definition) is 0. The minimum absolute atomic E-state index is 0.0670. The van der Waals surface area contributed by atoms with Gasteiger partial charge in [-0.25, -0.2) is 0 Å². The van der Waals surface area contributed by atoms with Crippen molar-refractivity contribution in [3.05, 3.63) is 104 Å². The van der Waals surface area contributed by atoms with Gasteiger partial charge in [0.25, 0.3) is 0 Å². The summed E-state index contributed by atoms with van der Waals surface area (Å²) >= 11 is 1.66. The lowest BCUT2D eigenvalue weighted by atomic mass is 10.1. The van der Waals surface area contributed by atoms with Crippen molar-refractivity contribution in [2.45, 2.75) is 6.42 Å². The Bertz CT molecular complexity index is 817. The van der Waals surface area contributed by atoms with E-state index < -0.39 is 0 Å². The second-order valence-corrected chi connectivity index (χ2v) is 6.27. The predicted molar refractivity (Wildman–Crippen MR) is 95.2 cm³/mol. The molecule has 0 unspecified atom stereocenters. The van der Waals surface area contributed by atoms with Crippen molar-refractivity contribution in [2.24, 2.45) is 0 Å². The van der Waals surface area contributed by atoms with Gasteiger partial charge < -0.3 is 0 Å². The molecule has 0 atom stereocenters. The quantitative estimate of drug-likeness (QED) is 0.672. The van der Waals surface area contributed by atoms with Crippen molar-refractivity contribution in [1.82, 2.24) is 0 Å². The number of rotatable bonds is 4. The zero-order valence-electron chi connectivity index (χ0n) is 12.1. The Morgan fingerprint density at radius 2 is 1.50 bits per heavy atom. The Labute approximate surface area is 134 Å². The highest BCUT2D eigenvalue weighted by molar-refractivity contribution is 7.12. The molecule has 1 nitrogen and oxygen atoms in total. The van der Waals surface area contributed by atoms with Crippen LogP contribution in [0, 0.1) is 0 Å². The van der Waals surface area contributed by atoms with Crippen molar-refractivity contribution in [3.8, 4) is 0 Å². The summed E-state index contributed by atoms with van der Waals surface area (Å²) in [6.07, 6.45) is 4.85. The van der Waals surface area contributed by atoms with E-state index in [0.29, 0.717) is 0 Å². The second-order valence-electron chi connectivity index (χ2n) is 5.07. The summed E-state index contributed by atoms with van der Waals surface area (Å²) in [7, 11) is 0. The normalized spacial score (nSPS) is 10.9. The van der Waals surface area contributed by atoms with Crippen LogP contribution in [0.4, 0.5) is 0 Å². The molecular weight excluding hydrogens is 288 g/mol. The average Bonchev–Trinajstić information content (AvgIpc) is 2.54. The number of hydrogen-bond acceptors (Lipinski definition) is 2. The Hall–Kier alpha value is -2.45. The van der Waals surface area contributed by atoms with Crippen LogP contribution in [0.1, 0.15) is 20.9 Å². The Morgan fingerprint density at radius 3 is 2.23 bits per heavy atom. The van der Waals surface area contributed by atoms with Crippen LogP contribution in [0.5, 0.6) is 0 Å². The first-order valence-electron chi connectivity index (χ1n) is 7.21. The fraction of sp³-hybridized carbons (Fsp3) is 0.0500. The molecule has 0 aliphatic heterocycles. The van der Waals surface area contributed by atoms with E-state index in [1.165, 1.54) is 5.56 Å². The van der Waals surface area contributed by atoms with Gasteiger partial charge in [-0.2, -0.15) is 0 Å². The monoisotopic (exact) mass is 304 g/mol. The molecule has 1 aromatic heterocycles. The third-order valence-corrected chi connectivity index (χ3v) is 4.31. The zero-order valence-corrected chi connectivity index (χ0v) is 12.9. The molecule has 2 heteroatoms. The zero-order chi connectivity index (χ0) is 15.2. The van der Waals surface area contributed by atoms with E-state index in [9.17, 15) is 4.79 Å². The van der Waals surface area contributed by atoms with Gasteiger partial charge in [-0.1, -0.05) is 66.7 Å². The van der Waals surface area contributed by atoms with Gasteiger partial charge in [-0.05, 0) is 23.3 Å². The molecule has 0 saturated heterocycles. The molecule has 0 spiro atoms. The van der Waals surface area contributed by atoms with Gasteiger partial charge in [0.15, 0.2) is 5.43 Å². The van der Waals surface area contributed by atoms with Crippen LogP contribution in [0.2, 0.25) is 0 Å². The first-order valence-corrected chi connectivity index (χ1v) is 8.02. The van der Waals surface area contributed by atoms with Gasteiger partial charge in [0.1, 0.15) is 0 Å². The van der Waals surface area contributed by atoms with E-state index in [1.807, 2.05) is 60.7 Å². The van der Waals surface area contributed by atoms with Crippen molar-refractivity contribution < 1.29 is 0 Å². The van der Waals surface area contributed by atoms with E-state index in [4.69, 9.17) is 0 Å². The lowest BCUT2D eigenvalue weighted by Gasteiger charge is -2.02. The van der Waals surface area contributed by atoms with Crippen molar-refractivity contribution in [1.29, 1.82) is 0 Å². The molecule has 0 bridgehead atoms. The lowest BCUT2D eigenvalue weighted by molar-refractivity contribution is 1.23. The molecule has 0 fully saturated rings. The fourth-order valence-corrected chi connectivity index (χ4v) is 3.29. The maximum atomic E-state index is 11.9. The summed E-state index contributed by atoms with van der Waals surface area (Å²) in [6, 6.07) is 23.8. The van der Waals surface area contributed by atoms with Crippen LogP contribution in [-0.2, 0) is 6.42 Å². The molecule has 2 aromatic carbocycles. The summed E-state index contributed by atoms with van der Waals surface area (Å²) in [5.41, 5.74) is 2.43. The largest absolute Gasteiger partial charge is 0.290 e. The van der Waals surface area contributed by atoms with Gasteiger partial charge in [-0.15, -0.1) is 11.3 Å². The predicted octanol–water partition coefficient (Wildman–Crippen LogP) is 4.87. The molecule has 22 heavy (non-hydrogen) atoms. The van der Waals surface area contributed by atoms with Gasteiger partial charge in [0, 0.05) is 22.2 Å². The molecular formula is C20H16OS. The van der Waals surface area contributed by atoms with Crippen molar-refractivity contribution in [2.75, 3.05) is 0 Å². The molecule has 3 rings (SSSR count). The molecule has 0 aliphatic rings. The molecule has 108 valence electrons. The molecule has 3 aromatic rings. The first kappa shape index (κ1) is 14.5. The van der Waals surface area contributed by atoms with E-state index in [0.717, 1.165) is 21.7 Å². The molecule has 0 aliphatic carbocycles. The summed E-state index contributed by atoms with van der Waals surface area (Å²) in [4.78, 5) is 14.0. The SMILES string of the molecule is O=c1cc(C=Cc2ccccc2)sc(Cc2ccccc2)c1. The highest BCUT2D eigenvalue weighted by atomic mass is 32.1. The minimum atomic E-state index is 0.0670. The van der Waals surface area contributed by atoms with Crippen LogP contribution in [0.15, 0.2) is 77.6 Å².